The minimum Gasteiger partial charge on any atom is -0.311 e. The van der Waals surface area contributed by atoms with Gasteiger partial charge in [0.25, 0.3) is 0 Å². The maximum absolute atomic E-state index is 3.72. The van der Waals surface area contributed by atoms with Crippen LogP contribution in [0.15, 0.2) is 24.3 Å². The summed E-state index contributed by atoms with van der Waals surface area (Å²) in [5.41, 5.74) is 3.17. The minimum atomic E-state index is 0.263. The standard InChI is InChI=1S/C18H29N/c1-14-6-5-7-17(19-14)13-10-15-8-11-16(12-9-15)18(2,3)4/h8-9,11-12,14,17,19H,5-7,10,13H2,1-4H3. The first-order valence-corrected chi connectivity index (χ1v) is 7.80. The second-order valence-electron chi connectivity index (χ2n) is 7.18. The molecule has 1 heterocycles. The van der Waals surface area contributed by atoms with E-state index in [1.165, 1.54) is 43.2 Å². The maximum atomic E-state index is 3.72. The molecule has 106 valence electrons. The average Bonchev–Trinajstić information content (AvgIpc) is 2.36. The summed E-state index contributed by atoms with van der Waals surface area (Å²) in [6, 6.07) is 10.7. The molecule has 1 aromatic carbocycles. The number of benzene rings is 1. The predicted octanol–water partition coefficient (Wildman–Crippen LogP) is 4.45. The SMILES string of the molecule is CC1CCCC(CCc2ccc(C(C)(C)C)cc2)N1. The van der Waals surface area contributed by atoms with Gasteiger partial charge in [0, 0.05) is 12.1 Å². The molecule has 1 saturated heterocycles. The highest BCUT2D eigenvalue weighted by molar-refractivity contribution is 5.27. The fraction of sp³-hybridized carbons (Fsp3) is 0.667. The van der Waals surface area contributed by atoms with Crippen LogP contribution in [0.1, 0.15) is 64.5 Å². The first-order valence-electron chi connectivity index (χ1n) is 7.80. The topological polar surface area (TPSA) is 12.0 Å². The molecule has 1 aromatic rings. The van der Waals surface area contributed by atoms with Crippen LogP contribution in [0.2, 0.25) is 0 Å². The third-order valence-corrected chi connectivity index (χ3v) is 4.31. The molecular weight excluding hydrogens is 230 g/mol. The highest BCUT2D eigenvalue weighted by Crippen LogP contribution is 2.23. The van der Waals surface area contributed by atoms with E-state index in [9.17, 15) is 0 Å². The highest BCUT2D eigenvalue weighted by Gasteiger charge is 2.17. The van der Waals surface area contributed by atoms with Crippen molar-refractivity contribution in [1.82, 2.24) is 5.32 Å². The van der Waals surface area contributed by atoms with Gasteiger partial charge >= 0.3 is 0 Å². The molecule has 1 N–H and O–H groups in total. The number of rotatable bonds is 3. The van der Waals surface area contributed by atoms with Crippen LogP contribution in [0.25, 0.3) is 0 Å². The van der Waals surface area contributed by atoms with E-state index in [-0.39, 0.29) is 5.41 Å². The van der Waals surface area contributed by atoms with Gasteiger partial charge in [-0.3, -0.25) is 0 Å². The molecule has 1 heteroatoms. The summed E-state index contributed by atoms with van der Waals surface area (Å²) in [7, 11) is 0. The Morgan fingerprint density at radius 1 is 1.11 bits per heavy atom. The lowest BCUT2D eigenvalue weighted by molar-refractivity contribution is 0.322. The minimum absolute atomic E-state index is 0.263. The summed E-state index contributed by atoms with van der Waals surface area (Å²) in [6.45, 7) is 9.13. The summed E-state index contributed by atoms with van der Waals surface area (Å²) in [5.74, 6) is 0. The van der Waals surface area contributed by atoms with Crippen molar-refractivity contribution in [2.75, 3.05) is 0 Å². The number of nitrogens with one attached hydrogen (secondary N) is 1. The third kappa shape index (κ3) is 4.35. The Labute approximate surface area is 118 Å². The Morgan fingerprint density at radius 2 is 1.79 bits per heavy atom. The third-order valence-electron chi connectivity index (χ3n) is 4.31. The second kappa shape index (κ2) is 6.09. The van der Waals surface area contributed by atoms with Crippen LogP contribution in [0.5, 0.6) is 0 Å². The molecule has 0 aliphatic carbocycles. The molecule has 0 aromatic heterocycles. The Balaban J connectivity index is 1.86. The van der Waals surface area contributed by atoms with Gasteiger partial charge in [-0.2, -0.15) is 0 Å². The zero-order chi connectivity index (χ0) is 13.9. The number of hydrogen-bond acceptors (Lipinski definition) is 1. The van der Waals surface area contributed by atoms with Crippen LogP contribution in [-0.2, 0) is 11.8 Å². The maximum Gasteiger partial charge on any atom is 0.00727 e. The van der Waals surface area contributed by atoms with E-state index in [0.29, 0.717) is 6.04 Å². The van der Waals surface area contributed by atoms with E-state index in [1.54, 1.807) is 0 Å². The number of piperidine rings is 1. The normalized spacial score (nSPS) is 24.4. The van der Waals surface area contributed by atoms with Crippen molar-refractivity contribution in [3.05, 3.63) is 35.4 Å². The van der Waals surface area contributed by atoms with Gasteiger partial charge < -0.3 is 5.32 Å². The Morgan fingerprint density at radius 3 is 2.37 bits per heavy atom. The largest absolute Gasteiger partial charge is 0.311 e. The van der Waals surface area contributed by atoms with E-state index in [4.69, 9.17) is 0 Å². The van der Waals surface area contributed by atoms with E-state index in [0.717, 1.165) is 6.04 Å². The Kier molecular flexibility index (Phi) is 4.67. The molecular formula is C18H29N. The molecule has 0 radical (unpaired) electrons. The van der Waals surface area contributed by atoms with E-state index in [2.05, 4.69) is 57.3 Å². The molecule has 0 spiro atoms. The summed E-state index contributed by atoms with van der Waals surface area (Å²) in [5, 5.41) is 3.72. The number of aryl methyl sites for hydroxylation is 1. The first kappa shape index (κ1) is 14.6. The van der Waals surface area contributed by atoms with Gasteiger partial charge in [0.15, 0.2) is 0 Å². The van der Waals surface area contributed by atoms with Crippen LogP contribution >= 0.6 is 0 Å². The van der Waals surface area contributed by atoms with Gasteiger partial charge in [-0.1, -0.05) is 51.5 Å². The summed E-state index contributed by atoms with van der Waals surface area (Å²) in [4.78, 5) is 0. The van der Waals surface area contributed by atoms with Crippen molar-refractivity contribution in [2.24, 2.45) is 0 Å². The Bertz CT molecular complexity index is 385. The summed E-state index contributed by atoms with van der Waals surface area (Å²) in [6.07, 6.45) is 6.57. The van der Waals surface area contributed by atoms with Crippen LogP contribution in [-0.4, -0.2) is 12.1 Å². The zero-order valence-electron chi connectivity index (χ0n) is 13.0. The molecule has 1 aliphatic heterocycles. The molecule has 2 atom stereocenters. The van der Waals surface area contributed by atoms with E-state index in [1.807, 2.05) is 0 Å². The molecule has 1 fully saturated rings. The van der Waals surface area contributed by atoms with E-state index < -0.39 is 0 Å². The van der Waals surface area contributed by atoms with Gasteiger partial charge in [0.05, 0.1) is 0 Å². The Hall–Kier alpha value is -0.820. The van der Waals surface area contributed by atoms with Gasteiger partial charge in [-0.05, 0) is 49.1 Å². The molecule has 1 nitrogen and oxygen atoms in total. The first-order chi connectivity index (χ1) is 8.95. The highest BCUT2D eigenvalue weighted by atomic mass is 15.0. The van der Waals surface area contributed by atoms with Crippen molar-refractivity contribution in [3.63, 3.8) is 0 Å². The zero-order valence-corrected chi connectivity index (χ0v) is 13.0. The predicted molar refractivity (Wildman–Crippen MR) is 83.7 cm³/mol. The smallest absolute Gasteiger partial charge is 0.00727 e. The van der Waals surface area contributed by atoms with Crippen LogP contribution in [0.4, 0.5) is 0 Å². The lowest BCUT2D eigenvalue weighted by Gasteiger charge is -2.28. The molecule has 2 unspecified atom stereocenters. The lowest BCUT2D eigenvalue weighted by atomic mass is 9.86. The monoisotopic (exact) mass is 259 g/mol. The fourth-order valence-corrected chi connectivity index (χ4v) is 2.98. The fourth-order valence-electron chi connectivity index (χ4n) is 2.98. The number of hydrogen-bond donors (Lipinski definition) is 1. The van der Waals surface area contributed by atoms with E-state index >= 15 is 0 Å². The van der Waals surface area contributed by atoms with Gasteiger partial charge in [-0.25, -0.2) is 0 Å². The molecule has 19 heavy (non-hydrogen) atoms. The average molecular weight is 259 g/mol. The molecule has 0 amide bonds. The molecule has 0 bridgehead atoms. The van der Waals surface area contributed by atoms with Crippen molar-refractivity contribution in [1.29, 1.82) is 0 Å². The molecule has 2 rings (SSSR count). The van der Waals surface area contributed by atoms with Crippen molar-refractivity contribution in [3.8, 4) is 0 Å². The van der Waals surface area contributed by atoms with Crippen LogP contribution < -0.4 is 5.32 Å². The molecule has 1 aliphatic rings. The molecule has 0 saturated carbocycles. The van der Waals surface area contributed by atoms with Crippen molar-refractivity contribution in [2.45, 2.75) is 77.3 Å². The summed E-state index contributed by atoms with van der Waals surface area (Å²) < 4.78 is 0. The second-order valence-corrected chi connectivity index (χ2v) is 7.18. The quantitative estimate of drug-likeness (QED) is 0.846. The van der Waals surface area contributed by atoms with Crippen molar-refractivity contribution < 1.29 is 0 Å². The lowest BCUT2D eigenvalue weighted by Crippen LogP contribution is -2.40. The van der Waals surface area contributed by atoms with Crippen LogP contribution in [0, 0.1) is 0 Å². The van der Waals surface area contributed by atoms with Crippen molar-refractivity contribution >= 4 is 0 Å². The van der Waals surface area contributed by atoms with Gasteiger partial charge in [0.1, 0.15) is 0 Å². The summed E-state index contributed by atoms with van der Waals surface area (Å²) >= 11 is 0. The van der Waals surface area contributed by atoms with Gasteiger partial charge in [0.2, 0.25) is 0 Å². The van der Waals surface area contributed by atoms with Crippen LogP contribution in [0.3, 0.4) is 0 Å². The van der Waals surface area contributed by atoms with Gasteiger partial charge in [-0.15, -0.1) is 0 Å².